The molecule has 3 saturated heterocycles. The van der Waals surface area contributed by atoms with Crippen LogP contribution in [0.5, 0.6) is 0 Å². The molecule has 170 valence electrons. The summed E-state index contributed by atoms with van der Waals surface area (Å²) >= 11 is 0. The van der Waals surface area contributed by atoms with Crippen molar-refractivity contribution in [1.82, 2.24) is 5.32 Å². The molecule has 11 heteroatoms. The molecule has 0 radical (unpaired) electrons. The van der Waals surface area contributed by atoms with Crippen LogP contribution in [-0.2, 0) is 19.4 Å². The maximum absolute atomic E-state index is 15.0. The number of hydrogen-bond acceptors (Lipinski definition) is 6. The molecule has 3 atom stereocenters. The van der Waals surface area contributed by atoms with Crippen LogP contribution in [0.25, 0.3) is 0 Å². The Balaban J connectivity index is 1.49. The first-order valence-electron chi connectivity index (χ1n) is 10.3. The molecule has 0 spiro atoms. The maximum Gasteiger partial charge on any atom is 0.414 e. The molecular formula is C20H25F2N3O5S. The van der Waals surface area contributed by atoms with E-state index in [-0.39, 0.29) is 53.7 Å². The predicted octanol–water partition coefficient (Wildman–Crippen LogP) is 1.69. The Kier molecular flexibility index (Phi) is 5.80. The highest BCUT2D eigenvalue weighted by molar-refractivity contribution is 7.91. The van der Waals surface area contributed by atoms with Gasteiger partial charge in [-0.15, -0.1) is 0 Å². The fourth-order valence-corrected chi connectivity index (χ4v) is 6.17. The van der Waals surface area contributed by atoms with E-state index in [4.69, 9.17) is 4.74 Å². The zero-order valence-electron chi connectivity index (χ0n) is 17.1. The summed E-state index contributed by atoms with van der Waals surface area (Å²) in [5, 5.41) is 2.55. The van der Waals surface area contributed by atoms with Crippen molar-refractivity contribution in [2.24, 2.45) is 11.8 Å². The van der Waals surface area contributed by atoms with E-state index < -0.39 is 33.7 Å². The van der Waals surface area contributed by atoms with Crippen LogP contribution >= 0.6 is 0 Å². The summed E-state index contributed by atoms with van der Waals surface area (Å²) in [4.78, 5) is 26.0. The van der Waals surface area contributed by atoms with Crippen molar-refractivity contribution < 1.29 is 31.5 Å². The number of benzene rings is 1. The number of rotatable bonds is 4. The number of amides is 2. The Hall–Kier alpha value is -2.43. The Morgan fingerprint density at radius 2 is 1.71 bits per heavy atom. The van der Waals surface area contributed by atoms with Gasteiger partial charge >= 0.3 is 6.09 Å². The van der Waals surface area contributed by atoms with Crippen LogP contribution in [0.15, 0.2) is 12.1 Å². The average molecular weight is 457 g/mol. The van der Waals surface area contributed by atoms with E-state index in [0.29, 0.717) is 25.9 Å². The highest BCUT2D eigenvalue weighted by Gasteiger charge is 2.39. The number of cyclic esters (lactones) is 1. The van der Waals surface area contributed by atoms with Crippen LogP contribution in [0, 0.1) is 23.5 Å². The van der Waals surface area contributed by atoms with Crippen LogP contribution < -0.4 is 15.1 Å². The summed E-state index contributed by atoms with van der Waals surface area (Å²) in [6.07, 6.45) is -0.337. The minimum absolute atomic E-state index is 0.0496. The fourth-order valence-electron chi connectivity index (χ4n) is 4.65. The van der Waals surface area contributed by atoms with Crippen LogP contribution in [0.1, 0.15) is 19.8 Å². The Morgan fingerprint density at radius 1 is 1.13 bits per heavy atom. The van der Waals surface area contributed by atoms with Crippen LogP contribution in [0.2, 0.25) is 0 Å². The molecule has 31 heavy (non-hydrogen) atoms. The number of nitrogens with zero attached hydrogens (tertiary/aromatic N) is 2. The van der Waals surface area contributed by atoms with Crippen LogP contribution in [0.4, 0.5) is 25.0 Å². The van der Waals surface area contributed by atoms with Crippen LogP contribution in [-0.4, -0.2) is 64.2 Å². The van der Waals surface area contributed by atoms with E-state index in [2.05, 4.69) is 5.32 Å². The highest BCUT2D eigenvalue weighted by Crippen LogP contribution is 2.38. The van der Waals surface area contributed by atoms with Gasteiger partial charge in [0.1, 0.15) is 21.6 Å². The molecule has 0 bridgehead atoms. The average Bonchev–Trinajstić information content (AvgIpc) is 3.22. The summed E-state index contributed by atoms with van der Waals surface area (Å²) < 4.78 is 58.8. The maximum atomic E-state index is 15.0. The largest absolute Gasteiger partial charge is 0.442 e. The van der Waals surface area contributed by atoms with Crippen molar-refractivity contribution in [2.45, 2.75) is 25.9 Å². The van der Waals surface area contributed by atoms with E-state index >= 15 is 0 Å². The number of sulfone groups is 1. The number of ether oxygens (including phenoxy) is 1. The number of anilines is 2. The first-order chi connectivity index (χ1) is 14.6. The summed E-state index contributed by atoms with van der Waals surface area (Å²) in [6, 6.07) is 2.22. The molecule has 1 aromatic rings. The molecule has 0 aromatic heterocycles. The molecule has 4 rings (SSSR count). The molecule has 2 amide bonds. The second kappa shape index (κ2) is 8.25. The normalized spacial score (nSPS) is 27.6. The van der Waals surface area contributed by atoms with Gasteiger partial charge in [-0.05, 0) is 24.7 Å². The molecule has 1 N–H and O–H groups in total. The second-order valence-corrected chi connectivity index (χ2v) is 10.8. The summed E-state index contributed by atoms with van der Waals surface area (Å²) in [7, 11) is -3.03. The third-order valence-electron chi connectivity index (χ3n) is 6.26. The lowest BCUT2D eigenvalue weighted by Gasteiger charge is -2.22. The molecule has 8 nitrogen and oxygen atoms in total. The third kappa shape index (κ3) is 4.60. The van der Waals surface area contributed by atoms with Gasteiger partial charge in [0.05, 0.1) is 30.3 Å². The summed E-state index contributed by atoms with van der Waals surface area (Å²) in [5.41, 5.74) is -0.101. The molecule has 2 unspecified atom stereocenters. The quantitative estimate of drug-likeness (QED) is 0.739. The standard InChI is InChI=1S/C20H25F2N3O5S/c1-12(26)23-8-16-11-25(20(27)30-16)15-6-17(21)19(18(22)7-15)24-9-13-2-4-31(28,29)5-3-14(13)10-24/h6-7,13-14,16H,2-5,8-11H2,1H3,(H,23,26)/t13?,14?,16-/m0/s1. The molecule has 0 aliphatic carbocycles. The monoisotopic (exact) mass is 457 g/mol. The van der Waals surface area contributed by atoms with Gasteiger partial charge in [-0.25, -0.2) is 22.0 Å². The number of fused-ring (bicyclic) bond motifs is 1. The van der Waals surface area contributed by atoms with Gasteiger partial charge in [0.25, 0.3) is 0 Å². The van der Waals surface area contributed by atoms with Gasteiger partial charge in [0.15, 0.2) is 11.6 Å². The molecular weight excluding hydrogens is 432 g/mol. The van der Waals surface area contributed by atoms with E-state index in [1.807, 2.05) is 0 Å². The lowest BCUT2D eigenvalue weighted by atomic mass is 9.92. The van der Waals surface area contributed by atoms with Gasteiger partial charge in [-0.1, -0.05) is 0 Å². The molecule has 3 aliphatic heterocycles. The number of nitrogens with one attached hydrogen (secondary N) is 1. The van der Waals surface area contributed by atoms with Gasteiger partial charge in [-0.2, -0.15) is 0 Å². The number of carbonyl (C=O) groups is 2. The van der Waals surface area contributed by atoms with Crippen molar-refractivity contribution >= 4 is 33.2 Å². The number of hydrogen-bond donors (Lipinski definition) is 1. The predicted molar refractivity (Wildman–Crippen MR) is 110 cm³/mol. The van der Waals surface area contributed by atoms with Crippen LogP contribution in [0.3, 0.4) is 0 Å². The topological polar surface area (TPSA) is 96.0 Å². The first kappa shape index (κ1) is 21.8. The smallest absolute Gasteiger partial charge is 0.414 e. The van der Waals surface area contributed by atoms with E-state index in [1.165, 1.54) is 6.92 Å². The minimum atomic E-state index is -3.03. The minimum Gasteiger partial charge on any atom is -0.442 e. The zero-order valence-corrected chi connectivity index (χ0v) is 18.0. The SMILES string of the molecule is CC(=O)NC[C@H]1CN(c2cc(F)c(N3CC4CCS(=O)(=O)CCC4C3)c(F)c2)C(=O)O1. The molecule has 3 aliphatic rings. The molecule has 3 fully saturated rings. The van der Waals surface area contributed by atoms with Crippen molar-refractivity contribution in [3.63, 3.8) is 0 Å². The lowest BCUT2D eigenvalue weighted by Crippen LogP contribution is -2.33. The Labute approximate surface area is 179 Å². The highest BCUT2D eigenvalue weighted by atomic mass is 32.2. The van der Waals surface area contributed by atoms with Crippen molar-refractivity contribution in [3.05, 3.63) is 23.8 Å². The fraction of sp³-hybridized carbons (Fsp3) is 0.600. The van der Waals surface area contributed by atoms with E-state index in [1.54, 1.807) is 4.90 Å². The van der Waals surface area contributed by atoms with E-state index in [9.17, 15) is 26.8 Å². The van der Waals surface area contributed by atoms with Gasteiger partial charge in [0, 0.05) is 32.1 Å². The summed E-state index contributed by atoms with van der Waals surface area (Å²) in [6.45, 7) is 2.33. The lowest BCUT2D eigenvalue weighted by molar-refractivity contribution is -0.119. The molecule has 1 aromatic carbocycles. The van der Waals surface area contributed by atoms with Gasteiger partial charge in [-0.3, -0.25) is 9.69 Å². The molecule has 3 heterocycles. The van der Waals surface area contributed by atoms with E-state index in [0.717, 1.165) is 17.0 Å². The van der Waals surface area contributed by atoms with Gasteiger partial charge < -0.3 is 15.0 Å². The van der Waals surface area contributed by atoms with Gasteiger partial charge in [0.2, 0.25) is 5.91 Å². The Morgan fingerprint density at radius 3 is 2.26 bits per heavy atom. The number of carbonyl (C=O) groups excluding carboxylic acids is 2. The Bertz CT molecular complexity index is 958. The van der Waals surface area contributed by atoms with Crippen molar-refractivity contribution in [1.29, 1.82) is 0 Å². The number of halogens is 2. The third-order valence-corrected chi connectivity index (χ3v) is 7.97. The summed E-state index contributed by atoms with van der Waals surface area (Å²) in [5.74, 6) is -1.44. The first-order valence-corrected chi connectivity index (χ1v) is 12.1. The second-order valence-electron chi connectivity index (χ2n) is 8.47. The van der Waals surface area contributed by atoms with Crippen molar-refractivity contribution in [3.8, 4) is 0 Å². The van der Waals surface area contributed by atoms with Crippen molar-refractivity contribution in [2.75, 3.05) is 47.5 Å². The zero-order chi connectivity index (χ0) is 22.3. The molecule has 0 saturated carbocycles.